The zero-order valence-corrected chi connectivity index (χ0v) is 20.8. The quantitative estimate of drug-likeness (QED) is 0.616. The minimum Gasteiger partial charge on any atom is -0.493 e. The molecule has 3 atom stereocenters. The number of benzene rings is 2. The van der Waals surface area contributed by atoms with E-state index in [1.165, 1.54) is 14.2 Å². The highest BCUT2D eigenvalue weighted by Gasteiger charge is 2.44. The number of fused-ring (bicyclic) bond motifs is 1. The van der Waals surface area contributed by atoms with Crippen molar-refractivity contribution in [2.45, 2.75) is 30.9 Å². The molecule has 2 aliphatic heterocycles. The Labute approximate surface area is 205 Å². The van der Waals surface area contributed by atoms with Gasteiger partial charge in [0.15, 0.2) is 23.0 Å². The first-order valence-corrected chi connectivity index (χ1v) is 11.6. The second-order valence-corrected chi connectivity index (χ2v) is 8.63. The average molecular weight is 485 g/mol. The van der Waals surface area contributed by atoms with Crippen LogP contribution >= 0.6 is 0 Å². The van der Waals surface area contributed by atoms with E-state index in [9.17, 15) is 9.59 Å². The van der Waals surface area contributed by atoms with Crippen LogP contribution < -0.4 is 24.3 Å². The summed E-state index contributed by atoms with van der Waals surface area (Å²) < 4.78 is 27.5. The van der Waals surface area contributed by atoms with Gasteiger partial charge in [-0.15, -0.1) is 0 Å². The molecule has 2 aliphatic rings. The van der Waals surface area contributed by atoms with Crippen LogP contribution in [0.3, 0.4) is 0 Å². The molecule has 0 bridgehead atoms. The van der Waals surface area contributed by atoms with Crippen LogP contribution in [0.25, 0.3) is 0 Å². The molecule has 35 heavy (non-hydrogen) atoms. The first kappa shape index (κ1) is 24.7. The van der Waals surface area contributed by atoms with Crippen LogP contribution in [0.4, 0.5) is 0 Å². The lowest BCUT2D eigenvalue weighted by atomic mass is 9.79. The van der Waals surface area contributed by atoms with Gasteiger partial charge in [-0.25, -0.2) is 0 Å². The third kappa shape index (κ3) is 4.60. The van der Waals surface area contributed by atoms with Gasteiger partial charge in [-0.2, -0.15) is 0 Å². The van der Waals surface area contributed by atoms with Gasteiger partial charge in [0.1, 0.15) is 0 Å². The maximum Gasteiger partial charge on any atom is 0.254 e. The molecule has 0 aliphatic carbocycles. The van der Waals surface area contributed by atoms with Crippen LogP contribution in [0.2, 0.25) is 0 Å². The normalized spacial score (nSPS) is 21.3. The van der Waals surface area contributed by atoms with Crippen molar-refractivity contribution in [3.8, 4) is 23.0 Å². The summed E-state index contributed by atoms with van der Waals surface area (Å²) in [6.07, 6.45) is 1.88. The Bertz CT molecular complexity index is 1100. The lowest BCUT2D eigenvalue weighted by molar-refractivity contribution is -0.124. The van der Waals surface area contributed by atoms with Crippen molar-refractivity contribution in [3.05, 3.63) is 47.0 Å². The summed E-state index contributed by atoms with van der Waals surface area (Å²) in [5.74, 6) is 0.835. The number of rotatable bonds is 8. The number of nitrogens with one attached hydrogen (secondary N) is 1. The molecular weight excluding hydrogens is 452 g/mol. The van der Waals surface area contributed by atoms with E-state index < -0.39 is 12.0 Å². The van der Waals surface area contributed by atoms with E-state index in [-0.39, 0.29) is 17.9 Å². The van der Waals surface area contributed by atoms with Gasteiger partial charge in [0.25, 0.3) is 5.91 Å². The smallest absolute Gasteiger partial charge is 0.254 e. The van der Waals surface area contributed by atoms with Crippen molar-refractivity contribution in [1.29, 1.82) is 0 Å². The van der Waals surface area contributed by atoms with E-state index in [1.54, 1.807) is 50.4 Å². The number of carbonyl (C=O) groups is 2. The second kappa shape index (κ2) is 10.4. The highest BCUT2D eigenvalue weighted by Crippen LogP contribution is 2.46. The highest BCUT2D eigenvalue weighted by molar-refractivity contribution is 6.02. The summed E-state index contributed by atoms with van der Waals surface area (Å²) in [7, 11) is 7.85. The number of hydrogen-bond acceptors (Lipinski definition) is 7. The monoisotopic (exact) mass is 484 g/mol. The van der Waals surface area contributed by atoms with Gasteiger partial charge >= 0.3 is 0 Å². The van der Waals surface area contributed by atoms with Crippen molar-refractivity contribution >= 4 is 11.8 Å². The van der Waals surface area contributed by atoms with Gasteiger partial charge in [-0.1, -0.05) is 6.07 Å². The van der Waals surface area contributed by atoms with E-state index in [0.29, 0.717) is 47.3 Å². The Kier molecular flexibility index (Phi) is 7.35. The molecule has 0 radical (unpaired) electrons. The first-order valence-electron chi connectivity index (χ1n) is 11.6. The maximum atomic E-state index is 13.8. The summed E-state index contributed by atoms with van der Waals surface area (Å²) in [6.45, 7) is 1.11. The number of amides is 2. The molecule has 4 rings (SSSR count). The lowest BCUT2D eigenvalue weighted by Gasteiger charge is -2.40. The van der Waals surface area contributed by atoms with Crippen LogP contribution in [-0.2, 0) is 9.53 Å². The minimum atomic E-state index is -0.702. The number of nitrogens with zero attached hydrogens (tertiary/aromatic N) is 1. The highest BCUT2D eigenvalue weighted by atomic mass is 16.5. The maximum absolute atomic E-state index is 13.8. The van der Waals surface area contributed by atoms with Crippen molar-refractivity contribution in [1.82, 2.24) is 10.2 Å². The van der Waals surface area contributed by atoms with Gasteiger partial charge in [-0.05, 0) is 48.2 Å². The molecule has 2 aromatic rings. The molecule has 1 saturated heterocycles. The fourth-order valence-corrected chi connectivity index (χ4v) is 4.91. The number of carbonyl (C=O) groups excluding carboxylic acids is 2. The molecule has 0 aromatic heterocycles. The van der Waals surface area contributed by atoms with E-state index >= 15 is 0 Å². The molecule has 9 nitrogen and oxygen atoms in total. The molecule has 1 fully saturated rings. The molecule has 0 spiro atoms. The standard InChI is InChI=1S/C26H32N2O7/c1-28-24(15-8-9-19(31-2)20(11-15)32-3)23(25(29)27-14-16-7-6-10-35-16)17-12-21(33-4)22(34-5)13-18(17)26(28)30/h8-9,11-13,16,23-24H,6-7,10,14H2,1-5H3,(H,27,29)/t16-,23+,24-/m0/s1. The Balaban J connectivity index is 1.82. The molecule has 2 heterocycles. The van der Waals surface area contributed by atoms with Crippen molar-refractivity contribution < 1.29 is 33.3 Å². The Hall–Kier alpha value is -3.46. The predicted octanol–water partition coefficient (Wildman–Crippen LogP) is 2.93. The summed E-state index contributed by atoms with van der Waals surface area (Å²) in [5.41, 5.74) is 1.73. The van der Waals surface area contributed by atoms with E-state index in [2.05, 4.69) is 5.32 Å². The molecule has 0 unspecified atom stereocenters. The SMILES string of the molecule is COc1ccc([C@H]2[C@H](C(=O)NC[C@@H]3CCCO3)c3cc(OC)c(OC)cc3C(=O)N2C)cc1OC. The lowest BCUT2D eigenvalue weighted by Crippen LogP contribution is -2.46. The first-order chi connectivity index (χ1) is 16.9. The van der Waals surface area contributed by atoms with Gasteiger partial charge in [-0.3, -0.25) is 9.59 Å². The minimum absolute atomic E-state index is 0.00805. The number of hydrogen-bond donors (Lipinski definition) is 1. The fourth-order valence-electron chi connectivity index (χ4n) is 4.91. The van der Waals surface area contributed by atoms with Crippen molar-refractivity contribution in [2.75, 3.05) is 48.6 Å². The van der Waals surface area contributed by atoms with Crippen LogP contribution in [0.1, 0.15) is 46.3 Å². The van der Waals surface area contributed by atoms with Crippen LogP contribution in [0, 0.1) is 0 Å². The zero-order valence-electron chi connectivity index (χ0n) is 20.8. The molecule has 1 N–H and O–H groups in total. The third-order valence-corrected chi connectivity index (χ3v) is 6.73. The van der Waals surface area contributed by atoms with Gasteiger partial charge in [0, 0.05) is 25.8 Å². The topological polar surface area (TPSA) is 95.6 Å². The van der Waals surface area contributed by atoms with Crippen LogP contribution in [0.15, 0.2) is 30.3 Å². The molecule has 2 aromatic carbocycles. The number of ether oxygens (including phenoxy) is 5. The summed E-state index contributed by atoms with van der Waals surface area (Å²) in [5, 5.41) is 3.06. The van der Waals surface area contributed by atoms with E-state index in [0.717, 1.165) is 18.4 Å². The molecular formula is C26H32N2O7. The zero-order chi connectivity index (χ0) is 25.1. The van der Waals surface area contributed by atoms with Crippen LogP contribution in [-0.4, -0.2) is 71.5 Å². The largest absolute Gasteiger partial charge is 0.493 e. The van der Waals surface area contributed by atoms with Crippen molar-refractivity contribution in [3.63, 3.8) is 0 Å². The van der Waals surface area contributed by atoms with E-state index in [4.69, 9.17) is 23.7 Å². The fraction of sp³-hybridized carbons (Fsp3) is 0.462. The molecule has 2 amide bonds. The molecule has 188 valence electrons. The number of methoxy groups -OCH3 is 4. The Morgan fingerprint density at radius 2 is 1.66 bits per heavy atom. The average Bonchev–Trinajstić information content (AvgIpc) is 3.41. The van der Waals surface area contributed by atoms with Gasteiger partial charge in [0.2, 0.25) is 5.91 Å². The Morgan fingerprint density at radius 3 is 2.29 bits per heavy atom. The van der Waals surface area contributed by atoms with Gasteiger partial charge < -0.3 is 33.9 Å². The Morgan fingerprint density at radius 1 is 1.00 bits per heavy atom. The molecule has 9 heteroatoms. The summed E-state index contributed by atoms with van der Waals surface area (Å²) in [6, 6.07) is 8.21. The predicted molar refractivity (Wildman–Crippen MR) is 129 cm³/mol. The van der Waals surface area contributed by atoms with Crippen molar-refractivity contribution in [2.24, 2.45) is 0 Å². The van der Waals surface area contributed by atoms with E-state index in [1.807, 2.05) is 6.07 Å². The molecule has 0 saturated carbocycles. The summed E-state index contributed by atoms with van der Waals surface area (Å²) >= 11 is 0. The van der Waals surface area contributed by atoms with Gasteiger partial charge in [0.05, 0.1) is 46.5 Å². The third-order valence-electron chi connectivity index (χ3n) is 6.73. The van der Waals surface area contributed by atoms with Crippen LogP contribution in [0.5, 0.6) is 23.0 Å². The summed E-state index contributed by atoms with van der Waals surface area (Å²) in [4.78, 5) is 28.8. The second-order valence-electron chi connectivity index (χ2n) is 8.63. The number of likely N-dealkylation sites (N-methyl/N-ethyl adjacent to an activating group) is 1.